The van der Waals surface area contributed by atoms with Gasteiger partial charge in [0.2, 0.25) is 0 Å². The van der Waals surface area contributed by atoms with Gasteiger partial charge in [-0.3, -0.25) is 0 Å². The SMILES string of the molecule is CNCc1ccc(-n2ncc3ccccc32)cc1Cl. The second kappa shape index (κ2) is 5.03. The molecule has 1 aromatic heterocycles. The molecule has 3 aromatic rings. The molecular weight excluding hydrogens is 258 g/mol. The molecule has 0 bridgehead atoms. The van der Waals surface area contributed by atoms with Crippen molar-refractivity contribution in [2.45, 2.75) is 6.54 Å². The van der Waals surface area contributed by atoms with E-state index < -0.39 is 0 Å². The lowest BCUT2D eigenvalue weighted by Crippen LogP contribution is -2.06. The molecule has 4 heteroatoms. The highest BCUT2D eigenvalue weighted by atomic mass is 35.5. The Kier molecular flexibility index (Phi) is 3.23. The summed E-state index contributed by atoms with van der Waals surface area (Å²) in [6, 6.07) is 14.2. The van der Waals surface area contributed by atoms with Crippen molar-refractivity contribution in [3.8, 4) is 5.69 Å². The van der Waals surface area contributed by atoms with Gasteiger partial charge >= 0.3 is 0 Å². The van der Waals surface area contributed by atoms with Gasteiger partial charge in [-0.2, -0.15) is 5.10 Å². The minimum atomic E-state index is 0.756. The third-order valence-corrected chi connectivity index (χ3v) is 3.48. The summed E-state index contributed by atoms with van der Waals surface area (Å²) in [6.07, 6.45) is 1.87. The van der Waals surface area contributed by atoms with E-state index in [-0.39, 0.29) is 0 Å². The monoisotopic (exact) mass is 271 g/mol. The molecule has 0 radical (unpaired) electrons. The molecule has 0 fully saturated rings. The maximum atomic E-state index is 6.30. The van der Waals surface area contributed by atoms with Crippen LogP contribution in [0.2, 0.25) is 5.02 Å². The zero-order valence-corrected chi connectivity index (χ0v) is 11.4. The minimum Gasteiger partial charge on any atom is -0.316 e. The van der Waals surface area contributed by atoms with Gasteiger partial charge in [-0.05, 0) is 30.8 Å². The number of benzene rings is 2. The lowest BCUT2D eigenvalue weighted by molar-refractivity contribution is 0.816. The standard InChI is InChI=1S/C15H14ClN3/c1-17-9-11-6-7-13(8-14(11)16)19-15-5-3-2-4-12(15)10-18-19/h2-8,10,17H,9H2,1H3. The smallest absolute Gasteiger partial charge is 0.0741 e. The Hall–Kier alpha value is -1.84. The van der Waals surface area contributed by atoms with Crippen molar-refractivity contribution < 1.29 is 0 Å². The van der Waals surface area contributed by atoms with Crippen molar-refractivity contribution in [3.63, 3.8) is 0 Å². The molecule has 0 spiro atoms. The molecule has 0 amide bonds. The van der Waals surface area contributed by atoms with Gasteiger partial charge in [0.1, 0.15) is 0 Å². The molecule has 19 heavy (non-hydrogen) atoms. The number of fused-ring (bicyclic) bond motifs is 1. The number of nitrogens with one attached hydrogen (secondary N) is 1. The van der Waals surface area contributed by atoms with Crippen molar-refractivity contribution >= 4 is 22.5 Å². The van der Waals surface area contributed by atoms with Gasteiger partial charge in [-0.25, -0.2) is 4.68 Å². The van der Waals surface area contributed by atoms with Crippen LogP contribution in [0.3, 0.4) is 0 Å². The zero-order chi connectivity index (χ0) is 13.2. The largest absolute Gasteiger partial charge is 0.316 e. The van der Waals surface area contributed by atoms with E-state index in [4.69, 9.17) is 11.6 Å². The number of hydrogen-bond donors (Lipinski definition) is 1. The molecule has 0 aliphatic rings. The van der Waals surface area contributed by atoms with Crippen LogP contribution in [0.5, 0.6) is 0 Å². The highest BCUT2D eigenvalue weighted by molar-refractivity contribution is 6.31. The van der Waals surface area contributed by atoms with Gasteiger partial charge in [0.25, 0.3) is 0 Å². The first kappa shape index (κ1) is 12.2. The minimum absolute atomic E-state index is 0.756. The van der Waals surface area contributed by atoms with Crippen LogP contribution >= 0.6 is 11.6 Å². The van der Waals surface area contributed by atoms with Gasteiger partial charge in [0.05, 0.1) is 17.4 Å². The third kappa shape index (κ3) is 2.23. The number of nitrogens with zero attached hydrogens (tertiary/aromatic N) is 2. The molecule has 0 unspecified atom stereocenters. The van der Waals surface area contributed by atoms with Crippen molar-refractivity contribution in [2.24, 2.45) is 0 Å². The van der Waals surface area contributed by atoms with E-state index in [1.54, 1.807) is 0 Å². The quantitative estimate of drug-likeness (QED) is 0.791. The highest BCUT2D eigenvalue weighted by Crippen LogP contribution is 2.23. The third-order valence-electron chi connectivity index (χ3n) is 3.13. The summed E-state index contributed by atoms with van der Waals surface area (Å²) < 4.78 is 1.91. The average Bonchev–Trinajstić information content (AvgIpc) is 2.85. The van der Waals surface area contributed by atoms with Crippen LogP contribution in [0.4, 0.5) is 0 Å². The van der Waals surface area contributed by atoms with Crippen molar-refractivity contribution in [3.05, 3.63) is 59.2 Å². The predicted molar refractivity (Wildman–Crippen MR) is 78.8 cm³/mol. The molecule has 0 atom stereocenters. The van der Waals surface area contributed by atoms with Crippen molar-refractivity contribution in [1.29, 1.82) is 0 Å². The second-order valence-corrected chi connectivity index (χ2v) is 4.83. The number of aromatic nitrogens is 2. The second-order valence-electron chi connectivity index (χ2n) is 4.42. The number of rotatable bonds is 3. The Morgan fingerprint density at radius 1 is 1.21 bits per heavy atom. The summed E-state index contributed by atoms with van der Waals surface area (Å²) in [6.45, 7) is 0.763. The first-order valence-corrected chi connectivity index (χ1v) is 6.53. The number of halogens is 1. The summed E-state index contributed by atoms with van der Waals surface area (Å²) in [4.78, 5) is 0. The molecule has 3 nitrogen and oxygen atoms in total. The van der Waals surface area contributed by atoms with Gasteiger partial charge in [0.15, 0.2) is 0 Å². The first-order valence-electron chi connectivity index (χ1n) is 6.16. The Balaban J connectivity index is 2.09. The van der Waals surface area contributed by atoms with E-state index in [1.807, 2.05) is 48.3 Å². The molecule has 1 N–H and O–H groups in total. The summed E-state index contributed by atoms with van der Waals surface area (Å²) >= 11 is 6.30. The highest BCUT2D eigenvalue weighted by Gasteiger charge is 2.06. The summed E-state index contributed by atoms with van der Waals surface area (Å²) in [5.41, 5.74) is 3.15. The Morgan fingerprint density at radius 2 is 2.05 bits per heavy atom. The molecule has 3 rings (SSSR count). The lowest BCUT2D eigenvalue weighted by atomic mass is 10.2. The topological polar surface area (TPSA) is 29.9 Å². The van der Waals surface area contributed by atoms with E-state index in [9.17, 15) is 0 Å². The van der Waals surface area contributed by atoms with Crippen LogP contribution in [0.1, 0.15) is 5.56 Å². The van der Waals surface area contributed by atoms with Gasteiger partial charge in [0, 0.05) is 17.0 Å². The normalized spacial score (nSPS) is 11.1. The van der Waals surface area contributed by atoms with Crippen molar-refractivity contribution in [1.82, 2.24) is 15.1 Å². The maximum Gasteiger partial charge on any atom is 0.0741 e. The summed E-state index contributed by atoms with van der Waals surface area (Å²) in [7, 11) is 1.91. The Labute approximate surface area is 116 Å². The van der Waals surface area contributed by atoms with Crippen LogP contribution in [0.15, 0.2) is 48.7 Å². The van der Waals surface area contributed by atoms with Crippen LogP contribution in [-0.4, -0.2) is 16.8 Å². The summed E-state index contributed by atoms with van der Waals surface area (Å²) in [5, 5.41) is 9.41. The molecular formula is C15H14ClN3. The predicted octanol–water partition coefficient (Wildman–Crippen LogP) is 3.40. The Bertz CT molecular complexity index is 718. The number of para-hydroxylation sites is 1. The van der Waals surface area contributed by atoms with Crippen LogP contribution in [-0.2, 0) is 6.54 Å². The van der Waals surface area contributed by atoms with Gasteiger partial charge < -0.3 is 5.32 Å². The van der Waals surface area contributed by atoms with Gasteiger partial charge in [-0.15, -0.1) is 0 Å². The molecule has 0 aliphatic heterocycles. The average molecular weight is 272 g/mol. The van der Waals surface area contributed by atoms with Crippen LogP contribution in [0, 0.1) is 0 Å². The molecule has 96 valence electrons. The van der Waals surface area contributed by atoms with Crippen LogP contribution < -0.4 is 5.32 Å². The fourth-order valence-corrected chi connectivity index (χ4v) is 2.42. The molecule has 0 saturated heterocycles. The molecule has 0 aliphatic carbocycles. The van der Waals surface area contributed by atoms with E-state index in [1.165, 1.54) is 0 Å². The van der Waals surface area contributed by atoms with Crippen LogP contribution in [0.25, 0.3) is 16.6 Å². The molecule has 2 aromatic carbocycles. The van der Waals surface area contributed by atoms with E-state index >= 15 is 0 Å². The summed E-state index contributed by atoms with van der Waals surface area (Å²) in [5.74, 6) is 0. The fraction of sp³-hybridized carbons (Fsp3) is 0.133. The Morgan fingerprint density at radius 3 is 2.84 bits per heavy atom. The van der Waals surface area contributed by atoms with E-state index in [0.29, 0.717) is 0 Å². The van der Waals surface area contributed by atoms with Gasteiger partial charge in [-0.1, -0.05) is 35.9 Å². The molecule has 1 heterocycles. The van der Waals surface area contributed by atoms with E-state index in [0.717, 1.165) is 33.7 Å². The molecule has 0 saturated carbocycles. The zero-order valence-electron chi connectivity index (χ0n) is 10.6. The number of hydrogen-bond acceptors (Lipinski definition) is 2. The lowest BCUT2D eigenvalue weighted by Gasteiger charge is -2.08. The van der Waals surface area contributed by atoms with Crippen molar-refractivity contribution in [2.75, 3.05) is 7.05 Å². The van der Waals surface area contributed by atoms with E-state index in [2.05, 4.69) is 22.5 Å². The first-order chi connectivity index (χ1) is 9.29. The fourth-order valence-electron chi connectivity index (χ4n) is 2.18. The maximum absolute atomic E-state index is 6.30.